The van der Waals surface area contributed by atoms with Gasteiger partial charge in [0.2, 0.25) is 11.7 Å². The van der Waals surface area contributed by atoms with Crippen LogP contribution in [0.15, 0.2) is 28.8 Å². The molecule has 112 valence electrons. The zero-order valence-electron chi connectivity index (χ0n) is 12.5. The largest absolute Gasteiger partial charge is 0.370 e. The van der Waals surface area contributed by atoms with Crippen LogP contribution in [0, 0.1) is 0 Å². The molecule has 5 nitrogen and oxygen atoms in total. The molecule has 2 unspecified atom stereocenters. The van der Waals surface area contributed by atoms with Crippen molar-refractivity contribution in [1.29, 1.82) is 0 Å². The summed E-state index contributed by atoms with van der Waals surface area (Å²) in [5, 5.41) is 7.54. The lowest BCUT2D eigenvalue weighted by molar-refractivity contribution is 0.0518. The highest BCUT2D eigenvalue weighted by Gasteiger charge is 2.25. The van der Waals surface area contributed by atoms with Crippen LogP contribution in [0.2, 0.25) is 0 Å². The van der Waals surface area contributed by atoms with E-state index in [-0.39, 0.29) is 12.1 Å². The van der Waals surface area contributed by atoms with Gasteiger partial charge in [-0.25, -0.2) is 0 Å². The van der Waals surface area contributed by atoms with Gasteiger partial charge in [0.05, 0.1) is 6.04 Å². The van der Waals surface area contributed by atoms with Crippen LogP contribution in [0.25, 0.3) is 0 Å². The van der Waals surface area contributed by atoms with E-state index in [0.717, 1.165) is 19.4 Å². The molecule has 1 aliphatic heterocycles. The smallest absolute Gasteiger partial charge is 0.244 e. The number of hydrogen-bond acceptors (Lipinski definition) is 5. The van der Waals surface area contributed by atoms with E-state index < -0.39 is 0 Å². The third kappa shape index (κ3) is 2.99. The second-order valence-corrected chi connectivity index (χ2v) is 5.25. The molecule has 2 aromatic rings. The van der Waals surface area contributed by atoms with Gasteiger partial charge >= 0.3 is 0 Å². The van der Waals surface area contributed by atoms with Crippen molar-refractivity contribution in [2.24, 2.45) is 0 Å². The minimum atomic E-state index is -0.0802. The molecule has 0 bridgehead atoms. The van der Waals surface area contributed by atoms with E-state index in [1.165, 1.54) is 11.1 Å². The van der Waals surface area contributed by atoms with Gasteiger partial charge in [-0.15, -0.1) is 0 Å². The number of hydrogen-bond donors (Lipinski definition) is 1. The Bertz CT molecular complexity index is 597. The van der Waals surface area contributed by atoms with Crippen molar-refractivity contribution >= 4 is 0 Å². The quantitative estimate of drug-likeness (QED) is 0.916. The fourth-order valence-electron chi connectivity index (χ4n) is 2.72. The third-order valence-electron chi connectivity index (χ3n) is 3.86. The lowest BCUT2D eigenvalue weighted by Crippen LogP contribution is -2.28. The Morgan fingerprint density at radius 3 is 2.90 bits per heavy atom. The van der Waals surface area contributed by atoms with Crippen LogP contribution in [0.5, 0.6) is 0 Å². The summed E-state index contributed by atoms with van der Waals surface area (Å²) in [6, 6.07) is 8.54. The molecule has 0 spiro atoms. The first-order valence-corrected chi connectivity index (χ1v) is 7.57. The summed E-state index contributed by atoms with van der Waals surface area (Å²) in [5.74, 6) is 1.30. The maximum atomic E-state index is 5.63. The molecule has 1 aromatic heterocycles. The van der Waals surface area contributed by atoms with Crippen molar-refractivity contribution in [3.63, 3.8) is 0 Å². The van der Waals surface area contributed by atoms with Gasteiger partial charge < -0.3 is 14.6 Å². The molecule has 1 N–H and O–H groups in total. The van der Waals surface area contributed by atoms with E-state index in [0.29, 0.717) is 18.3 Å². The summed E-state index contributed by atoms with van der Waals surface area (Å²) in [6.45, 7) is 5.52. The van der Waals surface area contributed by atoms with Crippen LogP contribution in [0.1, 0.15) is 55.3 Å². The fraction of sp³-hybridized carbons (Fsp3) is 0.500. The van der Waals surface area contributed by atoms with E-state index in [4.69, 9.17) is 9.26 Å². The second kappa shape index (κ2) is 6.37. The molecule has 21 heavy (non-hydrogen) atoms. The molecule has 0 saturated heterocycles. The molecule has 0 fully saturated rings. The van der Waals surface area contributed by atoms with Crippen LogP contribution in [-0.4, -0.2) is 16.7 Å². The Labute approximate surface area is 124 Å². The van der Waals surface area contributed by atoms with Gasteiger partial charge in [0.25, 0.3) is 0 Å². The van der Waals surface area contributed by atoms with Crippen LogP contribution in [0.3, 0.4) is 0 Å². The number of fused-ring (bicyclic) bond motifs is 1. The average molecular weight is 287 g/mol. The molecular formula is C16H21N3O2. The monoisotopic (exact) mass is 287 g/mol. The van der Waals surface area contributed by atoms with Gasteiger partial charge in [-0.2, -0.15) is 4.98 Å². The molecule has 0 amide bonds. The SMILES string of the molecule is CCOC(CC)c1noc(C2Cc3ccccc3CN2)n1. The Balaban J connectivity index is 1.75. The number of nitrogens with one attached hydrogen (secondary N) is 1. The highest BCUT2D eigenvalue weighted by molar-refractivity contribution is 5.30. The van der Waals surface area contributed by atoms with Gasteiger partial charge in [0.1, 0.15) is 6.10 Å². The summed E-state index contributed by atoms with van der Waals surface area (Å²) in [4.78, 5) is 4.53. The summed E-state index contributed by atoms with van der Waals surface area (Å²) in [7, 11) is 0. The van der Waals surface area contributed by atoms with E-state index >= 15 is 0 Å². The van der Waals surface area contributed by atoms with E-state index in [2.05, 4.69) is 46.6 Å². The number of benzene rings is 1. The summed E-state index contributed by atoms with van der Waals surface area (Å²) < 4.78 is 11.1. The Hall–Kier alpha value is -1.72. The fourth-order valence-corrected chi connectivity index (χ4v) is 2.72. The van der Waals surface area contributed by atoms with Crippen LogP contribution >= 0.6 is 0 Å². The molecule has 3 rings (SSSR count). The normalized spacial score (nSPS) is 19.2. The minimum Gasteiger partial charge on any atom is -0.370 e. The average Bonchev–Trinajstić information content (AvgIpc) is 3.02. The second-order valence-electron chi connectivity index (χ2n) is 5.25. The number of ether oxygens (including phenoxy) is 1. The van der Waals surface area contributed by atoms with Crippen LogP contribution in [0.4, 0.5) is 0 Å². The molecule has 5 heteroatoms. The van der Waals surface area contributed by atoms with Gasteiger partial charge in [-0.05, 0) is 30.9 Å². The first kappa shape index (κ1) is 14.2. The first-order chi connectivity index (χ1) is 10.3. The van der Waals surface area contributed by atoms with Crippen molar-refractivity contribution in [2.75, 3.05) is 6.61 Å². The predicted molar refractivity (Wildman–Crippen MR) is 78.7 cm³/mol. The lowest BCUT2D eigenvalue weighted by atomic mass is 9.96. The lowest BCUT2D eigenvalue weighted by Gasteiger charge is -2.23. The standard InChI is InChI=1S/C16H21N3O2/c1-3-14(20-4-2)15-18-16(21-19-15)13-9-11-7-5-6-8-12(11)10-17-13/h5-8,13-14,17H,3-4,9-10H2,1-2H3. The molecule has 2 heterocycles. The molecule has 1 aliphatic rings. The molecule has 0 saturated carbocycles. The molecule has 0 aliphatic carbocycles. The van der Waals surface area contributed by atoms with Crippen molar-refractivity contribution in [3.8, 4) is 0 Å². The third-order valence-corrected chi connectivity index (χ3v) is 3.86. The van der Waals surface area contributed by atoms with Crippen molar-refractivity contribution in [1.82, 2.24) is 15.5 Å². The van der Waals surface area contributed by atoms with Gasteiger partial charge in [0, 0.05) is 13.2 Å². The van der Waals surface area contributed by atoms with Crippen molar-refractivity contribution < 1.29 is 9.26 Å². The maximum Gasteiger partial charge on any atom is 0.244 e. The zero-order chi connectivity index (χ0) is 14.7. The number of nitrogens with zero attached hydrogens (tertiary/aromatic N) is 2. The van der Waals surface area contributed by atoms with Gasteiger partial charge in [-0.3, -0.25) is 0 Å². The molecule has 1 aromatic carbocycles. The topological polar surface area (TPSA) is 60.2 Å². The van der Waals surface area contributed by atoms with E-state index in [1.807, 2.05) is 6.92 Å². The molecule has 0 radical (unpaired) electrons. The summed E-state index contributed by atoms with van der Waals surface area (Å²) in [6.07, 6.45) is 1.64. The molecule has 2 atom stereocenters. The Morgan fingerprint density at radius 1 is 1.33 bits per heavy atom. The van der Waals surface area contributed by atoms with Crippen molar-refractivity contribution in [3.05, 3.63) is 47.1 Å². The Morgan fingerprint density at radius 2 is 2.14 bits per heavy atom. The minimum absolute atomic E-state index is 0.0802. The van der Waals surface area contributed by atoms with Crippen molar-refractivity contribution in [2.45, 2.75) is 45.4 Å². The summed E-state index contributed by atoms with van der Waals surface area (Å²) >= 11 is 0. The maximum absolute atomic E-state index is 5.63. The van der Waals surface area contributed by atoms with Gasteiger partial charge in [-0.1, -0.05) is 36.3 Å². The predicted octanol–water partition coefficient (Wildman–Crippen LogP) is 2.94. The molecular weight excluding hydrogens is 266 g/mol. The highest BCUT2D eigenvalue weighted by Crippen LogP contribution is 2.26. The number of rotatable bonds is 5. The first-order valence-electron chi connectivity index (χ1n) is 7.57. The number of aromatic nitrogens is 2. The Kier molecular flexibility index (Phi) is 4.31. The van der Waals surface area contributed by atoms with E-state index in [1.54, 1.807) is 0 Å². The van der Waals surface area contributed by atoms with Crippen LogP contribution in [-0.2, 0) is 17.7 Å². The van der Waals surface area contributed by atoms with E-state index in [9.17, 15) is 0 Å². The zero-order valence-corrected chi connectivity index (χ0v) is 12.5. The summed E-state index contributed by atoms with van der Waals surface area (Å²) in [5.41, 5.74) is 2.69. The van der Waals surface area contributed by atoms with Gasteiger partial charge in [0.15, 0.2) is 0 Å². The highest BCUT2D eigenvalue weighted by atomic mass is 16.5. The van der Waals surface area contributed by atoms with Crippen LogP contribution < -0.4 is 5.32 Å².